The highest BCUT2D eigenvalue weighted by molar-refractivity contribution is 7.90. The predicted molar refractivity (Wildman–Crippen MR) is 74.4 cm³/mol. The van der Waals surface area contributed by atoms with Gasteiger partial charge in [-0.15, -0.1) is 0 Å². The van der Waals surface area contributed by atoms with Crippen molar-refractivity contribution >= 4 is 9.84 Å². The van der Waals surface area contributed by atoms with Gasteiger partial charge in [0.1, 0.15) is 9.84 Å². The summed E-state index contributed by atoms with van der Waals surface area (Å²) >= 11 is 0. The molecule has 3 heteroatoms. The molecule has 2 aromatic rings. The van der Waals surface area contributed by atoms with Crippen LogP contribution in [0.15, 0.2) is 60.7 Å². The van der Waals surface area contributed by atoms with Crippen LogP contribution in [0, 0.1) is 0 Å². The molecule has 18 heavy (non-hydrogen) atoms. The second-order valence-electron chi connectivity index (χ2n) is 4.47. The van der Waals surface area contributed by atoms with Crippen LogP contribution in [0.2, 0.25) is 0 Å². The fourth-order valence-corrected chi connectivity index (χ4v) is 3.05. The van der Waals surface area contributed by atoms with E-state index in [1.54, 1.807) is 0 Å². The average molecular weight is 260 g/mol. The van der Waals surface area contributed by atoms with Crippen LogP contribution in [-0.2, 0) is 9.84 Å². The van der Waals surface area contributed by atoms with Crippen LogP contribution in [0.1, 0.15) is 17.0 Å². The summed E-state index contributed by atoms with van der Waals surface area (Å²) < 4.78 is 23.2. The minimum Gasteiger partial charge on any atom is -0.229 e. The van der Waals surface area contributed by atoms with E-state index >= 15 is 0 Å². The molecule has 0 atom stereocenters. The molecule has 0 unspecified atom stereocenters. The zero-order chi connectivity index (χ0) is 13.0. The minimum atomic E-state index is -3.02. The second kappa shape index (κ2) is 5.36. The number of hydrogen-bond donors (Lipinski definition) is 0. The van der Waals surface area contributed by atoms with Crippen LogP contribution in [-0.4, -0.2) is 20.4 Å². The minimum absolute atomic E-state index is 0.0950. The molecule has 0 aliphatic rings. The molecule has 94 valence electrons. The SMILES string of the molecule is CS(=O)(=O)CC(c1ccccc1)c1ccccc1. The first kappa shape index (κ1) is 12.8. The molecule has 0 bridgehead atoms. The maximum Gasteiger partial charge on any atom is 0.148 e. The van der Waals surface area contributed by atoms with E-state index in [2.05, 4.69) is 0 Å². The van der Waals surface area contributed by atoms with E-state index in [1.807, 2.05) is 60.7 Å². The smallest absolute Gasteiger partial charge is 0.148 e. The number of sulfone groups is 1. The van der Waals surface area contributed by atoms with Crippen LogP contribution in [0.4, 0.5) is 0 Å². The summed E-state index contributed by atoms with van der Waals surface area (Å²) in [7, 11) is -3.02. The van der Waals surface area contributed by atoms with Crippen LogP contribution in [0.3, 0.4) is 0 Å². The third-order valence-corrected chi connectivity index (χ3v) is 3.81. The topological polar surface area (TPSA) is 34.1 Å². The van der Waals surface area contributed by atoms with Gasteiger partial charge in [0.15, 0.2) is 0 Å². The van der Waals surface area contributed by atoms with E-state index in [4.69, 9.17) is 0 Å². The lowest BCUT2D eigenvalue weighted by Gasteiger charge is -2.16. The molecule has 0 heterocycles. The van der Waals surface area contributed by atoms with Crippen molar-refractivity contribution in [3.05, 3.63) is 71.8 Å². The van der Waals surface area contributed by atoms with E-state index in [-0.39, 0.29) is 11.7 Å². The molecule has 2 rings (SSSR count). The van der Waals surface area contributed by atoms with Gasteiger partial charge in [-0.3, -0.25) is 0 Å². The first-order chi connectivity index (χ1) is 8.56. The molecule has 0 radical (unpaired) electrons. The molecule has 0 saturated carbocycles. The van der Waals surface area contributed by atoms with Crippen molar-refractivity contribution in [2.45, 2.75) is 5.92 Å². The van der Waals surface area contributed by atoms with Gasteiger partial charge < -0.3 is 0 Å². The lowest BCUT2D eigenvalue weighted by atomic mass is 9.93. The van der Waals surface area contributed by atoms with Crippen molar-refractivity contribution in [1.82, 2.24) is 0 Å². The van der Waals surface area contributed by atoms with Gasteiger partial charge in [0.05, 0.1) is 5.75 Å². The monoisotopic (exact) mass is 260 g/mol. The molecular formula is C15H16O2S. The fraction of sp³-hybridized carbons (Fsp3) is 0.200. The van der Waals surface area contributed by atoms with E-state index in [9.17, 15) is 8.42 Å². The fourth-order valence-electron chi connectivity index (χ4n) is 2.06. The number of rotatable bonds is 4. The standard InChI is InChI=1S/C15H16O2S/c1-18(16,17)12-15(13-8-4-2-5-9-13)14-10-6-3-7-11-14/h2-11,15H,12H2,1H3. The summed E-state index contributed by atoms with van der Waals surface area (Å²) in [5, 5.41) is 0. The summed E-state index contributed by atoms with van der Waals surface area (Å²) in [6.45, 7) is 0. The molecule has 0 N–H and O–H groups in total. The van der Waals surface area contributed by atoms with Crippen molar-refractivity contribution < 1.29 is 8.42 Å². The first-order valence-corrected chi connectivity index (χ1v) is 7.90. The van der Waals surface area contributed by atoms with Gasteiger partial charge in [0.25, 0.3) is 0 Å². The summed E-state index contributed by atoms with van der Waals surface area (Å²) in [5.41, 5.74) is 2.07. The Hall–Kier alpha value is -1.61. The molecule has 2 nitrogen and oxygen atoms in total. The van der Waals surface area contributed by atoms with Gasteiger partial charge in [-0.1, -0.05) is 60.7 Å². The maximum absolute atomic E-state index is 11.6. The Morgan fingerprint density at radius 3 is 1.56 bits per heavy atom. The molecule has 0 spiro atoms. The van der Waals surface area contributed by atoms with Crippen LogP contribution >= 0.6 is 0 Å². The largest absolute Gasteiger partial charge is 0.229 e. The number of benzene rings is 2. The molecular weight excluding hydrogens is 244 g/mol. The highest BCUT2D eigenvalue weighted by Crippen LogP contribution is 2.25. The Bertz CT molecular complexity index is 549. The van der Waals surface area contributed by atoms with E-state index in [0.717, 1.165) is 11.1 Å². The van der Waals surface area contributed by atoms with Gasteiger partial charge >= 0.3 is 0 Å². The van der Waals surface area contributed by atoms with Crippen LogP contribution < -0.4 is 0 Å². The third-order valence-electron chi connectivity index (χ3n) is 2.87. The average Bonchev–Trinajstić information content (AvgIpc) is 2.37. The summed E-state index contributed by atoms with van der Waals surface area (Å²) in [5.74, 6) is 0.0449. The zero-order valence-electron chi connectivity index (χ0n) is 10.3. The highest BCUT2D eigenvalue weighted by atomic mass is 32.2. The van der Waals surface area contributed by atoms with Gasteiger partial charge in [0.2, 0.25) is 0 Å². The maximum atomic E-state index is 11.6. The van der Waals surface area contributed by atoms with Crippen molar-refractivity contribution in [3.8, 4) is 0 Å². The first-order valence-electron chi connectivity index (χ1n) is 5.84. The highest BCUT2D eigenvalue weighted by Gasteiger charge is 2.18. The van der Waals surface area contributed by atoms with Gasteiger partial charge in [0, 0.05) is 12.2 Å². The van der Waals surface area contributed by atoms with E-state index < -0.39 is 9.84 Å². The Balaban J connectivity index is 2.42. The molecule has 2 aromatic carbocycles. The van der Waals surface area contributed by atoms with Crippen molar-refractivity contribution in [3.63, 3.8) is 0 Å². The second-order valence-corrected chi connectivity index (χ2v) is 6.65. The van der Waals surface area contributed by atoms with Crippen molar-refractivity contribution in [1.29, 1.82) is 0 Å². The molecule has 0 saturated heterocycles. The van der Waals surface area contributed by atoms with Gasteiger partial charge in [-0.05, 0) is 11.1 Å². The third kappa shape index (κ3) is 3.44. The zero-order valence-corrected chi connectivity index (χ0v) is 11.1. The van der Waals surface area contributed by atoms with E-state index in [0.29, 0.717) is 0 Å². The number of hydrogen-bond acceptors (Lipinski definition) is 2. The lowest BCUT2D eigenvalue weighted by molar-refractivity contribution is 0.598. The molecule has 0 aromatic heterocycles. The summed E-state index contributed by atoms with van der Waals surface area (Å²) in [6.07, 6.45) is 1.28. The summed E-state index contributed by atoms with van der Waals surface area (Å²) in [4.78, 5) is 0. The summed E-state index contributed by atoms with van der Waals surface area (Å²) in [6, 6.07) is 19.5. The van der Waals surface area contributed by atoms with Crippen LogP contribution in [0.25, 0.3) is 0 Å². The molecule has 0 aliphatic carbocycles. The molecule has 0 fully saturated rings. The van der Waals surface area contributed by atoms with Gasteiger partial charge in [-0.2, -0.15) is 0 Å². The van der Waals surface area contributed by atoms with Crippen molar-refractivity contribution in [2.75, 3.05) is 12.0 Å². The van der Waals surface area contributed by atoms with Crippen LogP contribution in [0.5, 0.6) is 0 Å². The lowest BCUT2D eigenvalue weighted by Crippen LogP contribution is -2.14. The molecule has 0 aliphatic heterocycles. The van der Waals surface area contributed by atoms with E-state index in [1.165, 1.54) is 6.26 Å². The quantitative estimate of drug-likeness (QED) is 0.847. The van der Waals surface area contributed by atoms with Crippen molar-refractivity contribution in [2.24, 2.45) is 0 Å². The molecule has 0 amide bonds. The Labute approximate surface area is 108 Å². The Morgan fingerprint density at radius 2 is 1.22 bits per heavy atom. The Morgan fingerprint density at radius 1 is 0.833 bits per heavy atom. The van der Waals surface area contributed by atoms with Gasteiger partial charge in [-0.25, -0.2) is 8.42 Å². The predicted octanol–water partition coefficient (Wildman–Crippen LogP) is 2.86. The Kier molecular flexibility index (Phi) is 3.82. The normalized spacial score (nSPS) is 11.7.